The summed E-state index contributed by atoms with van der Waals surface area (Å²) in [5.41, 5.74) is 0.668. The number of hydrogen-bond donors (Lipinski definition) is 1. The van der Waals surface area contributed by atoms with E-state index in [4.69, 9.17) is 10.4 Å². The summed E-state index contributed by atoms with van der Waals surface area (Å²) in [6.45, 7) is 0. The van der Waals surface area contributed by atoms with Crippen LogP contribution in [-0.4, -0.2) is 10.9 Å². The first-order valence-electron chi connectivity index (χ1n) is 5.61. The molecule has 0 atom stereocenters. The highest BCUT2D eigenvalue weighted by Crippen LogP contribution is 2.16. The lowest BCUT2D eigenvalue weighted by Crippen LogP contribution is -2.05. The average Bonchev–Trinajstić information content (AvgIpc) is 2.39. The molecule has 2 rings (SSSR count). The number of phenolic OH excluding ortho intramolecular Hbond substituents is 1. The number of benzene rings is 2. The zero-order chi connectivity index (χ0) is 13.8. The van der Waals surface area contributed by atoms with Crippen LogP contribution in [0, 0.1) is 17.1 Å². The van der Waals surface area contributed by atoms with Gasteiger partial charge < -0.3 is 5.11 Å². The number of carbonyl (C=O) groups is 1. The van der Waals surface area contributed by atoms with Gasteiger partial charge in [0.1, 0.15) is 17.6 Å². The lowest BCUT2D eigenvalue weighted by atomic mass is 9.99. The van der Waals surface area contributed by atoms with Crippen LogP contribution in [0.5, 0.6) is 5.75 Å². The Hall–Kier alpha value is -2.67. The Morgan fingerprint density at radius 3 is 2.53 bits per heavy atom. The predicted molar refractivity (Wildman–Crippen MR) is 67.3 cm³/mol. The fourth-order valence-corrected chi connectivity index (χ4v) is 1.76. The van der Waals surface area contributed by atoms with Crippen LogP contribution in [-0.2, 0) is 6.42 Å². The summed E-state index contributed by atoms with van der Waals surface area (Å²) in [4.78, 5) is 12.0. The summed E-state index contributed by atoms with van der Waals surface area (Å²) in [7, 11) is 0. The first-order valence-corrected chi connectivity index (χ1v) is 5.61. The molecule has 1 N–H and O–H groups in total. The van der Waals surface area contributed by atoms with E-state index < -0.39 is 5.82 Å². The molecule has 19 heavy (non-hydrogen) atoms. The van der Waals surface area contributed by atoms with Crippen LogP contribution in [0.15, 0.2) is 42.5 Å². The summed E-state index contributed by atoms with van der Waals surface area (Å²) in [5.74, 6) is -0.791. The molecule has 0 saturated heterocycles. The smallest absolute Gasteiger partial charge is 0.167 e. The summed E-state index contributed by atoms with van der Waals surface area (Å²) < 4.78 is 13.4. The molecule has 0 fully saturated rings. The molecule has 0 bridgehead atoms. The summed E-state index contributed by atoms with van der Waals surface area (Å²) in [6, 6.07) is 11.8. The molecule has 2 aromatic rings. The molecule has 4 heteroatoms. The van der Waals surface area contributed by atoms with Crippen molar-refractivity contribution in [3.63, 3.8) is 0 Å². The van der Waals surface area contributed by atoms with Crippen LogP contribution in [0.1, 0.15) is 21.5 Å². The first kappa shape index (κ1) is 12.8. The summed E-state index contributed by atoms with van der Waals surface area (Å²) >= 11 is 0. The Balaban J connectivity index is 2.27. The van der Waals surface area contributed by atoms with Gasteiger partial charge in [0, 0.05) is 12.0 Å². The van der Waals surface area contributed by atoms with Crippen molar-refractivity contribution in [3.8, 4) is 11.8 Å². The maximum absolute atomic E-state index is 13.4. The molecule has 0 heterocycles. The molecule has 3 nitrogen and oxygen atoms in total. The molecule has 0 aliphatic rings. The molecule has 0 aliphatic heterocycles. The highest BCUT2D eigenvalue weighted by atomic mass is 19.1. The highest BCUT2D eigenvalue weighted by molar-refractivity contribution is 5.97. The molecule has 94 valence electrons. The third-order valence-electron chi connectivity index (χ3n) is 2.75. The topological polar surface area (TPSA) is 61.1 Å². The number of rotatable bonds is 3. The number of nitriles is 1. The van der Waals surface area contributed by atoms with Gasteiger partial charge in [-0.3, -0.25) is 4.79 Å². The van der Waals surface area contributed by atoms with Crippen LogP contribution in [0.2, 0.25) is 0 Å². The van der Waals surface area contributed by atoms with E-state index in [0.717, 1.165) is 0 Å². The Labute approximate surface area is 109 Å². The van der Waals surface area contributed by atoms with E-state index in [-0.39, 0.29) is 23.5 Å². The second-order valence-corrected chi connectivity index (χ2v) is 4.03. The fourth-order valence-electron chi connectivity index (χ4n) is 1.76. The maximum atomic E-state index is 13.4. The number of ketones is 1. The van der Waals surface area contributed by atoms with Gasteiger partial charge in [-0.15, -0.1) is 0 Å². The van der Waals surface area contributed by atoms with Gasteiger partial charge in [-0.2, -0.15) is 5.26 Å². The van der Waals surface area contributed by atoms with Crippen molar-refractivity contribution in [1.82, 2.24) is 0 Å². The molecule has 0 aromatic heterocycles. The lowest BCUT2D eigenvalue weighted by molar-refractivity contribution is 0.0993. The second kappa shape index (κ2) is 5.32. The van der Waals surface area contributed by atoms with Gasteiger partial charge in [0.15, 0.2) is 5.78 Å². The minimum atomic E-state index is -0.626. The van der Waals surface area contributed by atoms with E-state index in [0.29, 0.717) is 11.1 Å². The predicted octanol–water partition coefficient (Wildman–Crippen LogP) is 2.83. The van der Waals surface area contributed by atoms with E-state index in [1.54, 1.807) is 12.1 Å². The normalized spacial score (nSPS) is 9.89. The van der Waals surface area contributed by atoms with E-state index in [1.807, 2.05) is 0 Å². The van der Waals surface area contributed by atoms with Crippen molar-refractivity contribution in [2.45, 2.75) is 6.42 Å². The number of hydrogen-bond acceptors (Lipinski definition) is 3. The third kappa shape index (κ3) is 2.78. The van der Waals surface area contributed by atoms with Gasteiger partial charge in [0.05, 0.1) is 5.56 Å². The van der Waals surface area contributed by atoms with Crippen molar-refractivity contribution in [2.24, 2.45) is 0 Å². The Morgan fingerprint density at radius 1 is 1.21 bits per heavy atom. The van der Waals surface area contributed by atoms with Crippen LogP contribution in [0.4, 0.5) is 4.39 Å². The summed E-state index contributed by atoms with van der Waals surface area (Å²) in [5, 5.41) is 18.0. The standard InChI is InChI=1S/C15H10FNO2/c16-14-3-1-2-11(13(14)9-17)8-15(19)10-4-6-12(18)7-5-10/h1-7,18H,8H2. The molecule has 0 amide bonds. The SMILES string of the molecule is N#Cc1c(F)cccc1CC(=O)c1ccc(O)cc1. The average molecular weight is 255 g/mol. The largest absolute Gasteiger partial charge is 0.508 e. The molecule has 0 saturated carbocycles. The van der Waals surface area contributed by atoms with Gasteiger partial charge in [-0.05, 0) is 35.9 Å². The van der Waals surface area contributed by atoms with E-state index in [1.165, 1.54) is 36.4 Å². The van der Waals surface area contributed by atoms with Crippen LogP contribution >= 0.6 is 0 Å². The Bertz CT molecular complexity index is 657. The van der Waals surface area contributed by atoms with Gasteiger partial charge in [-0.1, -0.05) is 12.1 Å². The minimum absolute atomic E-state index is 0.0502. The van der Waals surface area contributed by atoms with E-state index in [9.17, 15) is 9.18 Å². The van der Waals surface area contributed by atoms with Crippen molar-refractivity contribution in [1.29, 1.82) is 5.26 Å². The van der Waals surface area contributed by atoms with Gasteiger partial charge in [-0.25, -0.2) is 4.39 Å². The molecular weight excluding hydrogens is 245 g/mol. The molecule has 2 aromatic carbocycles. The highest BCUT2D eigenvalue weighted by Gasteiger charge is 2.13. The number of Topliss-reactive ketones (excluding diaryl/α,β-unsaturated/α-hetero) is 1. The van der Waals surface area contributed by atoms with Crippen LogP contribution < -0.4 is 0 Å². The van der Waals surface area contributed by atoms with Crippen molar-refractivity contribution >= 4 is 5.78 Å². The van der Waals surface area contributed by atoms with Crippen LogP contribution in [0.3, 0.4) is 0 Å². The van der Waals surface area contributed by atoms with E-state index in [2.05, 4.69) is 0 Å². The van der Waals surface area contributed by atoms with Crippen molar-refractivity contribution < 1.29 is 14.3 Å². The first-order chi connectivity index (χ1) is 9.11. The molecule has 0 spiro atoms. The zero-order valence-electron chi connectivity index (χ0n) is 9.93. The van der Waals surface area contributed by atoms with Crippen molar-refractivity contribution in [2.75, 3.05) is 0 Å². The number of halogens is 1. The molecular formula is C15H10FNO2. The Morgan fingerprint density at radius 2 is 1.89 bits per heavy atom. The third-order valence-corrected chi connectivity index (χ3v) is 2.75. The van der Waals surface area contributed by atoms with Gasteiger partial charge in [0.2, 0.25) is 0 Å². The number of nitrogens with zero attached hydrogens (tertiary/aromatic N) is 1. The van der Waals surface area contributed by atoms with Gasteiger partial charge >= 0.3 is 0 Å². The molecule has 0 unspecified atom stereocenters. The van der Waals surface area contributed by atoms with Crippen molar-refractivity contribution in [3.05, 3.63) is 65.0 Å². The van der Waals surface area contributed by atoms with E-state index >= 15 is 0 Å². The quantitative estimate of drug-likeness (QED) is 0.858. The summed E-state index contributed by atoms with van der Waals surface area (Å²) in [6.07, 6.45) is -0.0502. The zero-order valence-corrected chi connectivity index (χ0v) is 9.93. The number of phenols is 1. The lowest BCUT2D eigenvalue weighted by Gasteiger charge is -2.04. The maximum Gasteiger partial charge on any atom is 0.167 e. The molecule has 0 aliphatic carbocycles. The second-order valence-electron chi connectivity index (χ2n) is 4.03. The fraction of sp³-hybridized carbons (Fsp3) is 0.0667. The number of aromatic hydroxyl groups is 1. The Kier molecular flexibility index (Phi) is 3.58. The molecule has 0 radical (unpaired) electrons. The minimum Gasteiger partial charge on any atom is -0.508 e. The monoisotopic (exact) mass is 255 g/mol. The van der Waals surface area contributed by atoms with Crippen LogP contribution in [0.25, 0.3) is 0 Å². The van der Waals surface area contributed by atoms with Gasteiger partial charge in [0.25, 0.3) is 0 Å². The number of carbonyl (C=O) groups excluding carboxylic acids is 1.